The van der Waals surface area contributed by atoms with E-state index in [0.717, 1.165) is 6.07 Å². The Kier molecular flexibility index (Phi) is 3.93. The van der Waals surface area contributed by atoms with E-state index in [1.165, 1.54) is 19.1 Å². The molecule has 0 heterocycles. The summed E-state index contributed by atoms with van der Waals surface area (Å²) in [7, 11) is 0. The highest BCUT2D eigenvalue weighted by Gasteiger charge is 2.19. The van der Waals surface area contributed by atoms with Crippen LogP contribution in [0.5, 0.6) is 0 Å². The maximum Gasteiger partial charge on any atom is 0.166 e. The average Bonchev–Trinajstić information content (AvgIpc) is 2.26. The van der Waals surface area contributed by atoms with Crippen LogP contribution in [0, 0.1) is 11.7 Å². The Balaban J connectivity index is 3.24. The highest BCUT2D eigenvalue weighted by Crippen LogP contribution is 2.18. The van der Waals surface area contributed by atoms with Crippen LogP contribution in [0.4, 0.5) is 4.39 Å². The fraction of sp³-hybridized carbons (Fsp3) is 0.385. The second kappa shape index (κ2) is 5.01. The van der Waals surface area contributed by atoms with Gasteiger partial charge in [0.05, 0.1) is 0 Å². The van der Waals surface area contributed by atoms with Crippen molar-refractivity contribution in [2.24, 2.45) is 5.92 Å². The van der Waals surface area contributed by atoms with Crippen LogP contribution in [-0.2, 0) is 0 Å². The van der Waals surface area contributed by atoms with Crippen molar-refractivity contribution in [3.05, 3.63) is 35.1 Å². The summed E-state index contributed by atoms with van der Waals surface area (Å²) in [6.45, 7) is 5.03. The van der Waals surface area contributed by atoms with E-state index in [9.17, 15) is 14.0 Å². The van der Waals surface area contributed by atoms with E-state index in [-0.39, 0.29) is 23.0 Å². The van der Waals surface area contributed by atoms with Gasteiger partial charge >= 0.3 is 0 Å². The lowest BCUT2D eigenvalue weighted by molar-refractivity contribution is 0.0915. The molecule has 16 heavy (non-hydrogen) atoms. The molecule has 0 spiro atoms. The first-order valence-electron chi connectivity index (χ1n) is 5.32. The van der Waals surface area contributed by atoms with E-state index in [4.69, 9.17) is 0 Å². The first kappa shape index (κ1) is 12.6. The molecule has 0 aliphatic carbocycles. The van der Waals surface area contributed by atoms with Gasteiger partial charge in [-0.25, -0.2) is 4.39 Å². The van der Waals surface area contributed by atoms with Gasteiger partial charge < -0.3 is 0 Å². The van der Waals surface area contributed by atoms with Crippen LogP contribution in [0.25, 0.3) is 0 Å². The maximum absolute atomic E-state index is 13.1. The van der Waals surface area contributed by atoms with Crippen LogP contribution in [0.2, 0.25) is 0 Å². The van der Waals surface area contributed by atoms with E-state index in [1.807, 2.05) is 6.92 Å². The second-order valence-electron chi connectivity index (χ2n) is 3.92. The van der Waals surface area contributed by atoms with Crippen LogP contribution in [0.3, 0.4) is 0 Å². The summed E-state index contributed by atoms with van der Waals surface area (Å²) in [6, 6.07) is 3.71. The first-order chi connectivity index (χ1) is 7.47. The fourth-order valence-electron chi connectivity index (χ4n) is 1.48. The Morgan fingerprint density at radius 1 is 1.31 bits per heavy atom. The monoisotopic (exact) mass is 222 g/mol. The molecule has 0 saturated heterocycles. The standard InChI is InChI=1S/C13H15FO2/c1-4-8(2)13(16)12-7-10(14)5-6-11(12)9(3)15/h5-8H,4H2,1-3H3. The molecule has 0 radical (unpaired) electrons. The van der Waals surface area contributed by atoms with Crippen LogP contribution in [0.15, 0.2) is 18.2 Å². The Morgan fingerprint density at radius 2 is 1.94 bits per heavy atom. The van der Waals surface area contributed by atoms with Gasteiger partial charge in [-0.05, 0) is 31.5 Å². The molecule has 2 nitrogen and oxygen atoms in total. The molecular formula is C13H15FO2. The predicted molar refractivity (Wildman–Crippen MR) is 60.2 cm³/mol. The van der Waals surface area contributed by atoms with Gasteiger partial charge in [-0.3, -0.25) is 9.59 Å². The van der Waals surface area contributed by atoms with Gasteiger partial charge in [-0.15, -0.1) is 0 Å². The third-order valence-electron chi connectivity index (χ3n) is 2.69. The van der Waals surface area contributed by atoms with Crippen molar-refractivity contribution in [1.82, 2.24) is 0 Å². The van der Waals surface area contributed by atoms with E-state index in [1.54, 1.807) is 6.92 Å². The van der Waals surface area contributed by atoms with Crippen molar-refractivity contribution < 1.29 is 14.0 Å². The number of rotatable bonds is 4. The van der Waals surface area contributed by atoms with E-state index < -0.39 is 5.82 Å². The molecule has 1 atom stereocenters. The molecule has 0 saturated carbocycles. The Bertz CT molecular complexity index is 424. The number of hydrogen-bond acceptors (Lipinski definition) is 2. The van der Waals surface area contributed by atoms with E-state index in [2.05, 4.69) is 0 Å². The Morgan fingerprint density at radius 3 is 2.44 bits per heavy atom. The molecule has 0 aromatic heterocycles. The topological polar surface area (TPSA) is 34.1 Å². The lowest BCUT2D eigenvalue weighted by atomic mass is 9.92. The fourth-order valence-corrected chi connectivity index (χ4v) is 1.48. The molecular weight excluding hydrogens is 207 g/mol. The number of benzene rings is 1. The van der Waals surface area contributed by atoms with Gasteiger partial charge in [0.15, 0.2) is 11.6 Å². The molecule has 0 aliphatic rings. The summed E-state index contributed by atoms with van der Waals surface area (Å²) < 4.78 is 13.1. The largest absolute Gasteiger partial charge is 0.294 e. The van der Waals surface area contributed by atoms with Gasteiger partial charge in [0.2, 0.25) is 0 Å². The zero-order chi connectivity index (χ0) is 12.3. The van der Waals surface area contributed by atoms with Gasteiger partial charge in [-0.2, -0.15) is 0 Å². The summed E-state index contributed by atoms with van der Waals surface area (Å²) in [4.78, 5) is 23.3. The predicted octanol–water partition coefficient (Wildman–Crippen LogP) is 3.26. The number of carbonyl (C=O) groups is 2. The third-order valence-corrected chi connectivity index (χ3v) is 2.69. The van der Waals surface area contributed by atoms with Gasteiger partial charge in [0, 0.05) is 17.0 Å². The molecule has 3 heteroatoms. The third kappa shape index (κ3) is 2.54. The van der Waals surface area contributed by atoms with Crippen molar-refractivity contribution in [2.45, 2.75) is 27.2 Å². The smallest absolute Gasteiger partial charge is 0.166 e. The minimum atomic E-state index is -0.489. The zero-order valence-electron chi connectivity index (χ0n) is 9.71. The highest BCUT2D eigenvalue weighted by molar-refractivity contribution is 6.08. The molecule has 1 unspecified atom stereocenters. The lowest BCUT2D eigenvalue weighted by Crippen LogP contribution is -2.14. The Hall–Kier alpha value is -1.51. The van der Waals surface area contributed by atoms with Crippen molar-refractivity contribution >= 4 is 11.6 Å². The maximum atomic E-state index is 13.1. The van der Waals surface area contributed by atoms with Crippen molar-refractivity contribution in [3.63, 3.8) is 0 Å². The number of ketones is 2. The first-order valence-corrected chi connectivity index (χ1v) is 5.32. The number of Topliss-reactive ketones (excluding diaryl/α,β-unsaturated/α-hetero) is 2. The number of carbonyl (C=O) groups excluding carboxylic acids is 2. The minimum absolute atomic E-state index is 0.174. The summed E-state index contributed by atoms with van der Waals surface area (Å²) in [5, 5.41) is 0. The molecule has 1 rings (SSSR count). The van der Waals surface area contributed by atoms with Crippen LogP contribution in [0.1, 0.15) is 47.9 Å². The van der Waals surface area contributed by atoms with Gasteiger partial charge in [0.25, 0.3) is 0 Å². The molecule has 0 bridgehead atoms. The summed E-state index contributed by atoms with van der Waals surface area (Å²) in [6.07, 6.45) is 0.673. The van der Waals surface area contributed by atoms with E-state index >= 15 is 0 Å². The molecule has 1 aromatic carbocycles. The van der Waals surface area contributed by atoms with Crippen molar-refractivity contribution in [1.29, 1.82) is 0 Å². The summed E-state index contributed by atoms with van der Waals surface area (Å²) >= 11 is 0. The highest BCUT2D eigenvalue weighted by atomic mass is 19.1. The summed E-state index contributed by atoms with van der Waals surface area (Å²) in [5.41, 5.74) is 0.494. The molecule has 0 amide bonds. The Labute approximate surface area is 94.5 Å². The normalized spacial score (nSPS) is 12.2. The number of hydrogen-bond donors (Lipinski definition) is 0. The molecule has 1 aromatic rings. The minimum Gasteiger partial charge on any atom is -0.294 e. The zero-order valence-corrected chi connectivity index (χ0v) is 9.71. The van der Waals surface area contributed by atoms with Gasteiger partial charge in [0.1, 0.15) is 5.82 Å². The average molecular weight is 222 g/mol. The lowest BCUT2D eigenvalue weighted by Gasteiger charge is -2.10. The SMILES string of the molecule is CCC(C)C(=O)c1cc(F)ccc1C(C)=O. The second-order valence-corrected chi connectivity index (χ2v) is 3.92. The molecule has 86 valence electrons. The van der Waals surface area contributed by atoms with Gasteiger partial charge in [-0.1, -0.05) is 13.8 Å². The van der Waals surface area contributed by atoms with Crippen LogP contribution < -0.4 is 0 Å². The van der Waals surface area contributed by atoms with Crippen molar-refractivity contribution in [2.75, 3.05) is 0 Å². The molecule has 0 fully saturated rings. The van der Waals surface area contributed by atoms with E-state index in [0.29, 0.717) is 12.0 Å². The van der Waals surface area contributed by atoms with Crippen LogP contribution in [-0.4, -0.2) is 11.6 Å². The molecule has 0 aliphatic heterocycles. The van der Waals surface area contributed by atoms with Crippen molar-refractivity contribution in [3.8, 4) is 0 Å². The summed E-state index contributed by atoms with van der Waals surface area (Å²) in [5.74, 6) is -1.07. The van der Waals surface area contributed by atoms with Crippen LogP contribution >= 0.6 is 0 Å². The number of halogens is 1. The molecule has 0 N–H and O–H groups in total. The quantitative estimate of drug-likeness (QED) is 0.733.